The summed E-state index contributed by atoms with van der Waals surface area (Å²) in [5, 5.41) is 17.2. The molecule has 2 aromatic rings. The van der Waals surface area contributed by atoms with Gasteiger partial charge in [-0.3, -0.25) is 0 Å². The van der Waals surface area contributed by atoms with Crippen molar-refractivity contribution in [3.8, 4) is 6.07 Å². The fourth-order valence-electron chi connectivity index (χ4n) is 2.43. The Hall–Kier alpha value is -1.89. The molecule has 4 heteroatoms. The van der Waals surface area contributed by atoms with Gasteiger partial charge in [-0.2, -0.15) is 5.26 Å². The van der Waals surface area contributed by atoms with Crippen LogP contribution in [0.2, 0.25) is 0 Å². The predicted molar refractivity (Wildman–Crippen MR) is 59.7 cm³/mol. The molecule has 0 atom stereocenters. The maximum Gasteiger partial charge on any atom is 0.114 e. The molecule has 0 aliphatic heterocycles. The fraction of sp³-hybridized carbons (Fsp3) is 0.417. The Labute approximate surface area is 93.5 Å². The van der Waals surface area contributed by atoms with Crippen molar-refractivity contribution >= 4 is 11.0 Å². The van der Waals surface area contributed by atoms with Crippen molar-refractivity contribution in [3.05, 3.63) is 23.8 Å². The fourth-order valence-corrected chi connectivity index (χ4v) is 2.43. The van der Waals surface area contributed by atoms with E-state index >= 15 is 0 Å². The second kappa shape index (κ2) is 3.60. The Bertz CT molecular complexity index is 558. The molecule has 0 unspecified atom stereocenters. The average molecular weight is 212 g/mol. The number of nitrogens with zero attached hydrogens (tertiary/aromatic N) is 4. The van der Waals surface area contributed by atoms with E-state index in [0.717, 1.165) is 11.0 Å². The lowest BCUT2D eigenvalue weighted by Gasteiger charge is -2.09. The molecule has 1 saturated carbocycles. The number of hydrogen-bond donors (Lipinski definition) is 0. The van der Waals surface area contributed by atoms with Crippen LogP contribution in [0.3, 0.4) is 0 Å². The van der Waals surface area contributed by atoms with Crippen molar-refractivity contribution in [2.75, 3.05) is 0 Å². The van der Waals surface area contributed by atoms with Crippen LogP contribution in [0.5, 0.6) is 0 Å². The van der Waals surface area contributed by atoms with Gasteiger partial charge in [0.1, 0.15) is 5.52 Å². The summed E-state index contributed by atoms with van der Waals surface area (Å²) in [5.74, 6) is 0. The van der Waals surface area contributed by atoms with Crippen LogP contribution in [0.1, 0.15) is 37.3 Å². The van der Waals surface area contributed by atoms with E-state index in [0.29, 0.717) is 11.6 Å². The van der Waals surface area contributed by atoms with E-state index in [4.69, 9.17) is 5.26 Å². The minimum absolute atomic E-state index is 0.498. The summed E-state index contributed by atoms with van der Waals surface area (Å²) in [6, 6.07) is 8.20. The molecular formula is C12H12N4. The topological polar surface area (TPSA) is 54.5 Å². The van der Waals surface area contributed by atoms with Gasteiger partial charge in [0.25, 0.3) is 0 Å². The maximum atomic E-state index is 8.81. The van der Waals surface area contributed by atoms with Crippen molar-refractivity contribution < 1.29 is 0 Å². The van der Waals surface area contributed by atoms with Crippen LogP contribution in [0.15, 0.2) is 18.2 Å². The SMILES string of the molecule is N#Cc1ccc2c(c1)nnn2C1CCCC1. The molecule has 16 heavy (non-hydrogen) atoms. The summed E-state index contributed by atoms with van der Waals surface area (Å²) >= 11 is 0. The Kier molecular flexibility index (Phi) is 2.10. The van der Waals surface area contributed by atoms with E-state index in [-0.39, 0.29) is 0 Å². The van der Waals surface area contributed by atoms with Crippen LogP contribution in [-0.4, -0.2) is 15.0 Å². The van der Waals surface area contributed by atoms with Crippen molar-refractivity contribution in [1.82, 2.24) is 15.0 Å². The summed E-state index contributed by atoms with van der Waals surface area (Å²) in [6.07, 6.45) is 4.95. The smallest absolute Gasteiger partial charge is 0.114 e. The number of hydrogen-bond acceptors (Lipinski definition) is 3. The summed E-state index contributed by atoms with van der Waals surface area (Å²) < 4.78 is 2.02. The molecule has 1 aromatic carbocycles. The maximum absolute atomic E-state index is 8.81. The van der Waals surface area contributed by atoms with E-state index in [2.05, 4.69) is 16.4 Å². The first-order valence-corrected chi connectivity index (χ1v) is 5.63. The molecule has 0 bridgehead atoms. The molecule has 1 aliphatic rings. The molecule has 0 amide bonds. The highest BCUT2D eigenvalue weighted by atomic mass is 15.4. The van der Waals surface area contributed by atoms with E-state index in [1.165, 1.54) is 25.7 Å². The third-order valence-electron chi connectivity index (χ3n) is 3.27. The monoisotopic (exact) mass is 212 g/mol. The first-order valence-electron chi connectivity index (χ1n) is 5.63. The zero-order valence-electron chi connectivity index (χ0n) is 8.93. The standard InChI is InChI=1S/C12H12N4/c13-8-9-5-6-12-11(7-9)14-15-16(12)10-3-1-2-4-10/h5-7,10H,1-4H2. The first-order chi connectivity index (χ1) is 7.88. The van der Waals surface area contributed by atoms with Gasteiger partial charge in [-0.25, -0.2) is 4.68 Å². The number of benzene rings is 1. The number of fused-ring (bicyclic) bond motifs is 1. The molecule has 1 aromatic heterocycles. The number of aromatic nitrogens is 3. The van der Waals surface area contributed by atoms with Gasteiger partial charge in [-0.05, 0) is 31.0 Å². The van der Waals surface area contributed by atoms with E-state index in [1.54, 1.807) is 6.07 Å². The highest BCUT2D eigenvalue weighted by Crippen LogP contribution is 2.30. The quantitative estimate of drug-likeness (QED) is 0.729. The molecule has 1 fully saturated rings. The van der Waals surface area contributed by atoms with Crippen LogP contribution in [0, 0.1) is 11.3 Å². The summed E-state index contributed by atoms with van der Waals surface area (Å²) in [6.45, 7) is 0. The lowest BCUT2D eigenvalue weighted by Crippen LogP contribution is -2.06. The molecule has 3 rings (SSSR count). The van der Waals surface area contributed by atoms with Gasteiger partial charge in [0.05, 0.1) is 23.2 Å². The Morgan fingerprint density at radius 3 is 2.88 bits per heavy atom. The largest absolute Gasteiger partial charge is 0.242 e. The van der Waals surface area contributed by atoms with Gasteiger partial charge in [0.2, 0.25) is 0 Å². The highest BCUT2D eigenvalue weighted by molar-refractivity contribution is 5.76. The Balaban J connectivity index is 2.10. The zero-order chi connectivity index (χ0) is 11.0. The molecule has 1 aliphatic carbocycles. The van der Waals surface area contributed by atoms with Gasteiger partial charge >= 0.3 is 0 Å². The van der Waals surface area contributed by atoms with E-state index < -0.39 is 0 Å². The number of nitriles is 1. The lowest BCUT2D eigenvalue weighted by atomic mass is 10.2. The highest BCUT2D eigenvalue weighted by Gasteiger charge is 2.19. The van der Waals surface area contributed by atoms with Gasteiger partial charge in [0, 0.05) is 0 Å². The summed E-state index contributed by atoms with van der Waals surface area (Å²) in [7, 11) is 0. The molecule has 0 saturated heterocycles. The van der Waals surface area contributed by atoms with Gasteiger partial charge < -0.3 is 0 Å². The van der Waals surface area contributed by atoms with E-state index in [1.807, 2.05) is 16.8 Å². The molecule has 4 nitrogen and oxygen atoms in total. The molecule has 0 radical (unpaired) electrons. The van der Waals surface area contributed by atoms with Crippen molar-refractivity contribution in [2.45, 2.75) is 31.7 Å². The van der Waals surface area contributed by atoms with Gasteiger partial charge in [-0.15, -0.1) is 5.10 Å². The zero-order valence-corrected chi connectivity index (χ0v) is 8.93. The summed E-state index contributed by atoms with van der Waals surface area (Å²) in [5.41, 5.74) is 2.52. The van der Waals surface area contributed by atoms with Crippen LogP contribution in [0.25, 0.3) is 11.0 Å². The van der Waals surface area contributed by atoms with Gasteiger partial charge in [-0.1, -0.05) is 18.1 Å². The van der Waals surface area contributed by atoms with Gasteiger partial charge in [0.15, 0.2) is 0 Å². The Morgan fingerprint density at radius 2 is 2.12 bits per heavy atom. The van der Waals surface area contributed by atoms with E-state index in [9.17, 15) is 0 Å². The molecule has 0 N–H and O–H groups in total. The second-order valence-corrected chi connectivity index (χ2v) is 4.29. The normalized spacial score (nSPS) is 16.7. The molecular weight excluding hydrogens is 200 g/mol. The predicted octanol–water partition coefficient (Wildman–Crippen LogP) is 2.42. The number of rotatable bonds is 1. The third-order valence-corrected chi connectivity index (χ3v) is 3.27. The third kappa shape index (κ3) is 1.36. The first kappa shape index (κ1) is 9.34. The molecule has 0 spiro atoms. The summed E-state index contributed by atoms with van der Waals surface area (Å²) in [4.78, 5) is 0. The minimum atomic E-state index is 0.498. The van der Waals surface area contributed by atoms with Crippen molar-refractivity contribution in [2.24, 2.45) is 0 Å². The minimum Gasteiger partial charge on any atom is -0.242 e. The molecule has 80 valence electrons. The second-order valence-electron chi connectivity index (χ2n) is 4.29. The average Bonchev–Trinajstić information content (AvgIpc) is 2.96. The lowest BCUT2D eigenvalue weighted by molar-refractivity contribution is 0.467. The van der Waals surface area contributed by atoms with Crippen LogP contribution < -0.4 is 0 Å². The van der Waals surface area contributed by atoms with Crippen LogP contribution >= 0.6 is 0 Å². The van der Waals surface area contributed by atoms with Crippen molar-refractivity contribution in [3.63, 3.8) is 0 Å². The van der Waals surface area contributed by atoms with Crippen LogP contribution in [-0.2, 0) is 0 Å². The van der Waals surface area contributed by atoms with Crippen molar-refractivity contribution in [1.29, 1.82) is 5.26 Å². The molecule has 1 heterocycles. The Morgan fingerprint density at radius 1 is 1.31 bits per heavy atom. The van der Waals surface area contributed by atoms with Crippen LogP contribution in [0.4, 0.5) is 0 Å².